The van der Waals surface area contributed by atoms with Gasteiger partial charge in [0.05, 0.1) is 12.1 Å². The van der Waals surface area contributed by atoms with Gasteiger partial charge >= 0.3 is 5.97 Å². The molecule has 0 fully saturated rings. The standard InChI is InChI=1S/C40H37N3O6/c1-40(2,3)29-9-15-32(16-10-29)49-36(39(46)47)22-25-4-13-31(14-5-25)48-21-20-42-37(44)26-6-11-30(12-7-26)43-38(45)33-17-8-27-23-34(33)35-24-28(27)18-19-41-35/h4-19,23-24,36H,20-22H2,1-3H3,(H,42,44)(H,43,45)(H,46,47). The van der Waals surface area contributed by atoms with Gasteiger partial charge in [0.15, 0.2) is 6.10 Å². The Kier molecular flexibility index (Phi) is 9.44. The SMILES string of the molecule is CC(C)(C)c1ccc(OC(Cc2ccc(OCCNC(=O)c3ccc(NC(=O)c4ccc5cc4c4cc5ccn4)cc3)cc2)C(=O)O)cc1. The van der Waals surface area contributed by atoms with Crippen molar-refractivity contribution in [3.63, 3.8) is 0 Å². The molecule has 4 bridgehead atoms. The fourth-order valence-corrected chi connectivity index (χ4v) is 5.54. The first-order chi connectivity index (χ1) is 23.5. The second-order valence-corrected chi connectivity index (χ2v) is 12.9. The van der Waals surface area contributed by atoms with E-state index >= 15 is 0 Å². The molecule has 0 aliphatic carbocycles. The second-order valence-electron chi connectivity index (χ2n) is 12.9. The molecule has 9 heteroatoms. The predicted octanol–water partition coefficient (Wildman–Crippen LogP) is 7.26. The summed E-state index contributed by atoms with van der Waals surface area (Å²) < 4.78 is 11.6. The van der Waals surface area contributed by atoms with Crippen LogP contribution in [0.15, 0.2) is 109 Å². The van der Waals surface area contributed by atoms with E-state index in [-0.39, 0.29) is 36.8 Å². The average Bonchev–Trinajstić information content (AvgIpc) is 3.10. The fourth-order valence-electron chi connectivity index (χ4n) is 5.54. The molecule has 6 aromatic rings. The first kappa shape index (κ1) is 33.0. The Bertz CT molecular complexity index is 2090. The molecule has 49 heavy (non-hydrogen) atoms. The number of anilines is 1. The molecular weight excluding hydrogens is 618 g/mol. The summed E-state index contributed by atoms with van der Waals surface area (Å²) in [6, 6.07) is 30.9. The Hall–Kier alpha value is -5.96. The molecule has 0 saturated carbocycles. The maximum Gasteiger partial charge on any atom is 0.345 e. The Morgan fingerprint density at radius 2 is 1.49 bits per heavy atom. The molecule has 0 radical (unpaired) electrons. The van der Waals surface area contributed by atoms with Crippen LogP contribution >= 0.6 is 0 Å². The lowest BCUT2D eigenvalue weighted by Gasteiger charge is -2.20. The van der Waals surface area contributed by atoms with Crippen LogP contribution in [0, 0.1) is 0 Å². The monoisotopic (exact) mass is 655 g/mol. The lowest BCUT2D eigenvalue weighted by atomic mass is 9.87. The van der Waals surface area contributed by atoms with Gasteiger partial charge in [-0.3, -0.25) is 14.6 Å². The fraction of sp³-hybridized carbons (Fsp3) is 0.200. The largest absolute Gasteiger partial charge is 0.492 e. The van der Waals surface area contributed by atoms with Gasteiger partial charge in [-0.1, -0.05) is 51.1 Å². The molecule has 1 atom stereocenters. The second kappa shape index (κ2) is 14.0. The number of aliphatic carboxylic acids is 1. The number of carboxylic acid groups (broad SMARTS) is 1. The molecule has 6 rings (SSSR count). The minimum atomic E-state index is -1.04. The predicted molar refractivity (Wildman–Crippen MR) is 190 cm³/mol. The van der Waals surface area contributed by atoms with Gasteiger partial charge in [0.25, 0.3) is 11.8 Å². The summed E-state index contributed by atoms with van der Waals surface area (Å²) in [6.45, 7) is 6.86. The van der Waals surface area contributed by atoms with Crippen molar-refractivity contribution >= 4 is 45.1 Å². The Labute approximate surface area is 284 Å². The van der Waals surface area contributed by atoms with Crippen molar-refractivity contribution in [3.8, 4) is 11.5 Å². The van der Waals surface area contributed by atoms with Gasteiger partial charge in [-0.2, -0.15) is 0 Å². The highest BCUT2D eigenvalue weighted by molar-refractivity contribution is 6.15. The third-order valence-corrected chi connectivity index (χ3v) is 8.31. The van der Waals surface area contributed by atoms with E-state index in [1.165, 1.54) is 0 Å². The molecular formula is C40H37N3O6. The van der Waals surface area contributed by atoms with Crippen LogP contribution in [0.4, 0.5) is 5.69 Å². The number of rotatable bonds is 12. The van der Waals surface area contributed by atoms with Crippen LogP contribution < -0.4 is 20.1 Å². The third-order valence-electron chi connectivity index (χ3n) is 8.31. The van der Waals surface area contributed by atoms with Crippen LogP contribution in [0.25, 0.3) is 21.7 Å². The Balaban J connectivity index is 0.951. The van der Waals surface area contributed by atoms with E-state index in [1.54, 1.807) is 72.9 Å². The van der Waals surface area contributed by atoms with Gasteiger partial charge in [0.2, 0.25) is 0 Å². The van der Waals surface area contributed by atoms with Crippen molar-refractivity contribution in [2.75, 3.05) is 18.5 Å². The maximum atomic E-state index is 13.1. The molecule has 248 valence electrons. The number of pyridine rings is 1. The summed E-state index contributed by atoms with van der Waals surface area (Å²) >= 11 is 0. The zero-order chi connectivity index (χ0) is 34.5. The lowest BCUT2D eigenvalue weighted by molar-refractivity contribution is -0.145. The minimum Gasteiger partial charge on any atom is -0.492 e. The van der Waals surface area contributed by atoms with E-state index in [1.807, 2.05) is 36.4 Å². The van der Waals surface area contributed by atoms with E-state index in [0.29, 0.717) is 28.3 Å². The normalized spacial score (nSPS) is 12.1. The molecule has 1 aromatic heterocycles. The van der Waals surface area contributed by atoms with E-state index in [4.69, 9.17) is 9.47 Å². The van der Waals surface area contributed by atoms with E-state index in [9.17, 15) is 19.5 Å². The topological polar surface area (TPSA) is 127 Å². The summed E-state index contributed by atoms with van der Waals surface area (Å²) in [5.74, 6) is -0.467. The number of benzene rings is 5. The van der Waals surface area contributed by atoms with E-state index in [0.717, 1.165) is 32.8 Å². The molecule has 1 unspecified atom stereocenters. The number of amides is 2. The van der Waals surface area contributed by atoms with Crippen LogP contribution in [0.5, 0.6) is 11.5 Å². The van der Waals surface area contributed by atoms with Crippen molar-refractivity contribution < 1.29 is 29.0 Å². The number of fused-ring (bicyclic) bond motifs is 6. The number of nitrogens with zero attached hydrogens (tertiary/aromatic N) is 1. The summed E-state index contributed by atoms with van der Waals surface area (Å²) in [4.78, 5) is 42.1. The quantitative estimate of drug-likeness (QED) is 0.119. The number of carbonyl (C=O) groups is 3. The maximum absolute atomic E-state index is 13.1. The van der Waals surface area contributed by atoms with Gasteiger partial charge in [0, 0.05) is 34.8 Å². The molecule has 2 amide bonds. The van der Waals surface area contributed by atoms with Gasteiger partial charge in [-0.15, -0.1) is 0 Å². The van der Waals surface area contributed by atoms with E-state index < -0.39 is 12.1 Å². The van der Waals surface area contributed by atoms with Crippen LogP contribution in [0.1, 0.15) is 52.6 Å². The van der Waals surface area contributed by atoms with Gasteiger partial charge in [-0.25, -0.2) is 4.79 Å². The van der Waals surface area contributed by atoms with Gasteiger partial charge in [-0.05, 0) is 100 Å². The highest BCUT2D eigenvalue weighted by Crippen LogP contribution is 2.28. The molecule has 0 saturated heterocycles. The lowest BCUT2D eigenvalue weighted by Crippen LogP contribution is -2.29. The summed E-state index contributed by atoms with van der Waals surface area (Å²) in [6.07, 6.45) is 0.892. The number of hydrogen-bond donors (Lipinski definition) is 3. The minimum absolute atomic E-state index is 0.00850. The zero-order valence-electron chi connectivity index (χ0n) is 27.5. The van der Waals surface area contributed by atoms with E-state index in [2.05, 4.69) is 36.4 Å². The number of ether oxygens (including phenoxy) is 2. The first-order valence-electron chi connectivity index (χ1n) is 16.1. The summed E-state index contributed by atoms with van der Waals surface area (Å²) in [7, 11) is 0. The van der Waals surface area contributed by atoms with Crippen molar-refractivity contribution in [2.45, 2.75) is 38.7 Å². The van der Waals surface area contributed by atoms with Crippen LogP contribution in [0.2, 0.25) is 0 Å². The molecule has 0 aliphatic heterocycles. The number of carboxylic acids is 1. The molecule has 0 aliphatic rings. The molecule has 5 aromatic carbocycles. The molecule has 3 N–H and O–H groups in total. The number of aromatic nitrogens is 1. The van der Waals surface area contributed by atoms with Crippen LogP contribution in [-0.4, -0.2) is 47.1 Å². The number of hydrogen-bond acceptors (Lipinski definition) is 6. The number of nitrogens with one attached hydrogen (secondary N) is 2. The molecule has 1 heterocycles. The highest BCUT2D eigenvalue weighted by Gasteiger charge is 2.21. The molecule has 9 nitrogen and oxygen atoms in total. The first-order valence-corrected chi connectivity index (χ1v) is 16.1. The average molecular weight is 656 g/mol. The van der Waals surface area contributed by atoms with Crippen molar-refractivity contribution in [2.24, 2.45) is 0 Å². The summed E-state index contributed by atoms with van der Waals surface area (Å²) in [5, 5.41) is 18.4. The Morgan fingerprint density at radius 3 is 2.18 bits per heavy atom. The van der Waals surface area contributed by atoms with Crippen LogP contribution in [0.3, 0.4) is 0 Å². The van der Waals surface area contributed by atoms with Gasteiger partial charge in [0.1, 0.15) is 18.1 Å². The Morgan fingerprint density at radius 1 is 0.796 bits per heavy atom. The number of carbonyl (C=O) groups excluding carboxylic acids is 2. The smallest absolute Gasteiger partial charge is 0.345 e. The van der Waals surface area contributed by atoms with Crippen molar-refractivity contribution in [3.05, 3.63) is 132 Å². The van der Waals surface area contributed by atoms with Crippen LogP contribution in [-0.2, 0) is 16.6 Å². The third kappa shape index (κ3) is 7.96. The van der Waals surface area contributed by atoms with Crippen molar-refractivity contribution in [1.82, 2.24) is 10.3 Å². The van der Waals surface area contributed by atoms with Gasteiger partial charge < -0.3 is 25.2 Å². The zero-order valence-corrected chi connectivity index (χ0v) is 27.5. The summed E-state index contributed by atoms with van der Waals surface area (Å²) in [5.41, 5.74) is 4.22. The molecule has 0 spiro atoms. The highest BCUT2D eigenvalue weighted by atomic mass is 16.5. The van der Waals surface area contributed by atoms with Crippen molar-refractivity contribution in [1.29, 1.82) is 0 Å².